The average Bonchev–Trinajstić information content (AvgIpc) is 2.45. The summed E-state index contributed by atoms with van der Waals surface area (Å²) in [6, 6.07) is 5.55. The number of carbonyl (C=O) groups is 1. The average molecular weight is 320 g/mol. The molecule has 128 valence electrons. The molecular formula is C18H28N2O3. The van der Waals surface area contributed by atoms with Gasteiger partial charge in [0, 0.05) is 13.6 Å². The zero-order valence-corrected chi connectivity index (χ0v) is 14.6. The minimum Gasteiger partial charge on any atom is -0.490 e. The molecular weight excluding hydrogens is 292 g/mol. The van der Waals surface area contributed by atoms with Crippen molar-refractivity contribution in [3.05, 3.63) is 23.8 Å². The predicted molar refractivity (Wildman–Crippen MR) is 92.2 cm³/mol. The van der Waals surface area contributed by atoms with Gasteiger partial charge in [0.15, 0.2) is 0 Å². The van der Waals surface area contributed by atoms with E-state index in [-0.39, 0.29) is 5.41 Å². The maximum absolute atomic E-state index is 11.4. The summed E-state index contributed by atoms with van der Waals surface area (Å²) >= 11 is 0. The molecule has 0 saturated heterocycles. The van der Waals surface area contributed by atoms with Gasteiger partial charge in [-0.25, -0.2) is 0 Å². The third-order valence-corrected chi connectivity index (χ3v) is 4.15. The smallest absolute Gasteiger partial charge is 0.320 e. The Morgan fingerprint density at radius 3 is 2.83 bits per heavy atom. The Balaban J connectivity index is 1.96. The molecule has 1 unspecified atom stereocenters. The van der Waals surface area contributed by atoms with Crippen LogP contribution in [0, 0.1) is 5.41 Å². The van der Waals surface area contributed by atoms with Crippen LogP contribution in [0.15, 0.2) is 18.2 Å². The molecule has 5 heteroatoms. The van der Waals surface area contributed by atoms with Gasteiger partial charge in [-0.1, -0.05) is 26.8 Å². The number of ether oxygens (including phenoxy) is 1. The summed E-state index contributed by atoms with van der Waals surface area (Å²) in [6.07, 6.45) is 1.50. The molecule has 0 amide bonds. The number of nitrogens with one attached hydrogen (secondary N) is 1. The zero-order chi connectivity index (χ0) is 17.0. The number of aliphatic carboxylic acids is 1. The number of hydrogen-bond acceptors (Lipinski definition) is 4. The summed E-state index contributed by atoms with van der Waals surface area (Å²) in [5.74, 6) is 0.0859. The summed E-state index contributed by atoms with van der Waals surface area (Å²) < 4.78 is 5.70. The van der Waals surface area contributed by atoms with Gasteiger partial charge in [0.1, 0.15) is 18.4 Å². The first-order valence-corrected chi connectivity index (χ1v) is 8.19. The number of nitrogens with zero attached hydrogens (tertiary/aromatic N) is 1. The van der Waals surface area contributed by atoms with E-state index in [2.05, 4.69) is 31.0 Å². The third kappa shape index (κ3) is 5.13. The molecule has 23 heavy (non-hydrogen) atoms. The number of likely N-dealkylation sites (N-methyl/N-ethyl adjacent to an activating group) is 1. The van der Waals surface area contributed by atoms with Crippen LogP contribution in [0.1, 0.15) is 39.2 Å². The van der Waals surface area contributed by atoms with E-state index in [4.69, 9.17) is 4.74 Å². The fourth-order valence-corrected chi connectivity index (χ4v) is 2.64. The topological polar surface area (TPSA) is 61.8 Å². The monoisotopic (exact) mass is 320 g/mol. The highest BCUT2D eigenvalue weighted by atomic mass is 16.5. The van der Waals surface area contributed by atoms with Crippen molar-refractivity contribution in [3.63, 3.8) is 0 Å². The summed E-state index contributed by atoms with van der Waals surface area (Å²) in [7, 11) is 2.05. The zero-order valence-electron chi connectivity index (χ0n) is 14.6. The molecule has 1 aromatic carbocycles. The number of carboxylic acids is 1. The Morgan fingerprint density at radius 1 is 1.43 bits per heavy atom. The molecule has 5 nitrogen and oxygen atoms in total. The summed E-state index contributed by atoms with van der Waals surface area (Å²) in [5, 5.41) is 12.5. The fourth-order valence-electron chi connectivity index (χ4n) is 2.64. The van der Waals surface area contributed by atoms with E-state index < -0.39 is 12.0 Å². The molecule has 1 atom stereocenters. The minimum atomic E-state index is -0.789. The van der Waals surface area contributed by atoms with E-state index in [0.717, 1.165) is 30.0 Å². The van der Waals surface area contributed by atoms with Gasteiger partial charge in [0.25, 0.3) is 0 Å². The van der Waals surface area contributed by atoms with Gasteiger partial charge in [-0.2, -0.15) is 0 Å². The molecule has 0 aliphatic carbocycles. The molecule has 1 heterocycles. The second kappa shape index (κ2) is 7.21. The van der Waals surface area contributed by atoms with Crippen LogP contribution in [0.3, 0.4) is 0 Å². The van der Waals surface area contributed by atoms with Crippen molar-refractivity contribution >= 4 is 11.7 Å². The van der Waals surface area contributed by atoms with E-state index in [1.165, 1.54) is 0 Å². The van der Waals surface area contributed by atoms with E-state index >= 15 is 0 Å². The van der Waals surface area contributed by atoms with Crippen LogP contribution < -0.4 is 15.0 Å². The van der Waals surface area contributed by atoms with Gasteiger partial charge < -0.3 is 20.1 Å². The van der Waals surface area contributed by atoms with Gasteiger partial charge in [-0.3, -0.25) is 4.79 Å². The van der Waals surface area contributed by atoms with Crippen molar-refractivity contribution in [1.82, 2.24) is 5.32 Å². The summed E-state index contributed by atoms with van der Waals surface area (Å²) in [5.41, 5.74) is 2.27. The second-order valence-electron chi connectivity index (χ2n) is 7.44. The van der Waals surface area contributed by atoms with Crippen LogP contribution in [-0.4, -0.2) is 37.3 Å². The third-order valence-electron chi connectivity index (χ3n) is 4.15. The fraction of sp³-hybridized carbons (Fsp3) is 0.611. The number of carboxylic acid groups (broad SMARTS) is 1. The van der Waals surface area contributed by atoms with Crippen LogP contribution in [0.2, 0.25) is 0 Å². The molecule has 1 aromatic rings. The van der Waals surface area contributed by atoms with E-state index in [0.29, 0.717) is 19.6 Å². The van der Waals surface area contributed by atoms with Crippen molar-refractivity contribution in [2.75, 3.05) is 25.1 Å². The van der Waals surface area contributed by atoms with Crippen LogP contribution in [-0.2, 0) is 11.3 Å². The van der Waals surface area contributed by atoms with Crippen molar-refractivity contribution in [2.24, 2.45) is 5.41 Å². The van der Waals surface area contributed by atoms with Gasteiger partial charge in [-0.05, 0) is 36.0 Å². The quantitative estimate of drug-likeness (QED) is 0.844. The lowest BCUT2D eigenvalue weighted by molar-refractivity contribution is -0.139. The number of hydrogen-bond donors (Lipinski definition) is 2. The molecule has 2 N–H and O–H groups in total. The van der Waals surface area contributed by atoms with E-state index in [9.17, 15) is 9.90 Å². The Kier molecular flexibility index (Phi) is 5.52. The van der Waals surface area contributed by atoms with E-state index in [1.807, 2.05) is 25.2 Å². The Labute approximate surface area is 138 Å². The van der Waals surface area contributed by atoms with Crippen molar-refractivity contribution in [3.8, 4) is 5.75 Å². The van der Waals surface area contributed by atoms with Gasteiger partial charge in [0.05, 0.1) is 12.2 Å². The van der Waals surface area contributed by atoms with Crippen LogP contribution in [0.4, 0.5) is 5.69 Å². The minimum absolute atomic E-state index is 0.139. The summed E-state index contributed by atoms with van der Waals surface area (Å²) in [4.78, 5) is 13.6. The Bertz CT molecular complexity index is 552. The second-order valence-corrected chi connectivity index (χ2v) is 7.44. The van der Waals surface area contributed by atoms with Crippen molar-refractivity contribution < 1.29 is 14.6 Å². The maximum atomic E-state index is 11.4. The molecule has 1 aliphatic rings. The van der Waals surface area contributed by atoms with Crippen LogP contribution >= 0.6 is 0 Å². The van der Waals surface area contributed by atoms with Crippen molar-refractivity contribution in [2.45, 2.75) is 46.2 Å². The lowest BCUT2D eigenvalue weighted by Gasteiger charge is -2.28. The van der Waals surface area contributed by atoms with Crippen LogP contribution in [0.5, 0.6) is 5.75 Å². The molecule has 2 rings (SSSR count). The van der Waals surface area contributed by atoms with Gasteiger partial charge >= 0.3 is 5.97 Å². The highest BCUT2D eigenvalue weighted by Gasteiger charge is 2.21. The lowest BCUT2D eigenvalue weighted by atomic mass is 9.88. The molecule has 0 fully saturated rings. The number of rotatable bonds is 6. The van der Waals surface area contributed by atoms with Crippen molar-refractivity contribution in [1.29, 1.82) is 0 Å². The predicted octanol–water partition coefficient (Wildman–Crippen LogP) is 2.88. The lowest BCUT2D eigenvalue weighted by Crippen LogP contribution is -2.37. The molecule has 0 aromatic heterocycles. The highest BCUT2D eigenvalue weighted by molar-refractivity contribution is 5.73. The standard InChI is InChI=1S/C18H28N2O3/c1-18(2,3)8-7-14(17(21)22)19-12-13-5-6-15-16(11-13)23-10-9-20(15)4/h5-6,11,14,19H,7-10,12H2,1-4H3,(H,21,22). The van der Waals surface area contributed by atoms with Gasteiger partial charge in [-0.15, -0.1) is 0 Å². The molecule has 1 aliphatic heterocycles. The SMILES string of the molecule is CN1CCOc2cc(CNC(CCC(C)(C)C)C(=O)O)ccc21. The first-order chi connectivity index (χ1) is 10.8. The molecule has 0 spiro atoms. The first kappa shape index (κ1) is 17.6. The molecule has 0 radical (unpaired) electrons. The molecule has 0 saturated carbocycles. The normalized spacial score (nSPS) is 15.7. The largest absolute Gasteiger partial charge is 0.490 e. The van der Waals surface area contributed by atoms with Gasteiger partial charge in [0.2, 0.25) is 0 Å². The highest BCUT2D eigenvalue weighted by Crippen LogP contribution is 2.31. The Hall–Kier alpha value is -1.75. The number of anilines is 1. The first-order valence-electron chi connectivity index (χ1n) is 8.19. The number of benzene rings is 1. The summed E-state index contributed by atoms with van der Waals surface area (Å²) in [6.45, 7) is 8.49. The van der Waals surface area contributed by atoms with Crippen LogP contribution in [0.25, 0.3) is 0 Å². The molecule has 0 bridgehead atoms. The number of fused-ring (bicyclic) bond motifs is 1. The van der Waals surface area contributed by atoms with E-state index in [1.54, 1.807) is 0 Å². The Morgan fingerprint density at radius 2 is 2.17 bits per heavy atom. The maximum Gasteiger partial charge on any atom is 0.320 e.